The summed E-state index contributed by atoms with van der Waals surface area (Å²) in [5.41, 5.74) is 0. The van der Waals surface area contributed by atoms with E-state index in [-0.39, 0.29) is 0 Å². The minimum Gasteiger partial charge on any atom is -0.301 e. The van der Waals surface area contributed by atoms with Crippen LogP contribution in [-0.2, 0) is 0 Å². The molecule has 0 aromatic rings. The number of hydrogen-bond acceptors (Lipinski definition) is 4. The summed E-state index contributed by atoms with van der Waals surface area (Å²) in [6.07, 6.45) is 5.65. The Morgan fingerprint density at radius 3 is 1.96 bits per heavy atom. The van der Waals surface area contributed by atoms with Crippen molar-refractivity contribution in [2.24, 2.45) is 0 Å². The maximum Gasteiger partial charge on any atom is 0.0113 e. The second kappa shape index (κ2) is 8.28. The molecule has 0 radical (unpaired) electrons. The van der Waals surface area contributed by atoms with Gasteiger partial charge in [0, 0.05) is 70.5 Å². The molecule has 1 atom stereocenters. The average molecular weight is 323 g/mol. The summed E-state index contributed by atoms with van der Waals surface area (Å²) in [5.74, 6) is 0. The highest BCUT2D eigenvalue weighted by atomic mass is 15.3. The third kappa shape index (κ3) is 5.15. The SMILES string of the molecule is CC(C)N1CCN(CCCC(C)N2CCN(C3CC3)CC2)CC1. The lowest BCUT2D eigenvalue weighted by Crippen LogP contribution is -2.50. The zero-order chi connectivity index (χ0) is 16.2. The maximum atomic E-state index is 2.73. The monoisotopic (exact) mass is 322 g/mol. The number of piperazine rings is 2. The van der Waals surface area contributed by atoms with E-state index in [1.807, 2.05) is 0 Å². The van der Waals surface area contributed by atoms with Gasteiger partial charge in [0.15, 0.2) is 0 Å². The second-order valence-electron chi connectivity index (χ2n) is 8.27. The van der Waals surface area contributed by atoms with Crippen molar-refractivity contribution >= 4 is 0 Å². The quantitative estimate of drug-likeness (QED) is 0.710. The highest BCUT2D eigenvalue weighted by Crippen LogP contribution is 2.27. The molecule has 0 bridgehead atoms. The van der Waals surface area contributed by atoms with E-state index in [0.29, 0.717) is 6.04 Å². The van der Waals surface area contributed by atoms with E-state index in [4.69, 9.17) is 0 Å². The first-order valence-corrected chi connectivity index (χ1v) is 10.1. The first-order chi connectivity index (χ1) is 11.1. The van der Waals surface area contributed by atoms with E-state index in [1.165, 1.54) is 84.6 Å². The van der Waals surface area contributed by atoms with Gasteiger partial charge in [0.2, 0.25) is 0 Å². The molecule has 134 valence electrons. The van der Waals surface area contributed by atoms with E-state index in [2.05, 4.69) is 40.4 Å². The van der Waals surface area contributed by atoms with Crippen LogP contribution in [0.25, 0.3) is 0 Å². The lowest BCUT2D eigenvalue weighted by atomic mass is 10.1. The van der Waals surface area contributed by atoms with Gasteiger partial charge in [-0.15, -0.1) is 0 Å². The average Bonchev–Trinajstić information content (AvgIpc) is 3.40. The van der Waals surface area contributed by atoms with Crippen LogP contribution in [0.5, 0.6) is 0 Å². The molecule has 1 aliphatic carbocycles. The molecule has 0 aromatic carbocycles. The molecule has 2 heterocycles. The van der Waals surface area contributed by atoms with Gasteiger partial charge >= 0.3 is 0 Å². The zero-order valence-electron chi connectivity index (χ0n) is 15.7. The van der Waals surface area contributed by atoms with Crippen molar-refractivity contribution in [1.29, 1.82) is 0 Å². The van der Waals surface area contributed by atoms with Crippen molar-refractivity contribution in [3.05, 3.63) is 0 Å². The Morgan fingerprint density at radius 2 is 1.39 bits per heavy atom. The molecule has 2 saturated heterocycles. The predicted molar refractivity (Wildman–Crippen MR) is 98.0 cm³/mol. The van der Waals surface area contributed by atoms with Gasteiger partial charge in [-0.3, -0.25) is 14.7 Å². The summed E-state index contributed by atoms with van der Waals surface area (Å²) in [6, 6.07) is 2.44. The summed E-state index contributed by atoms with van der Waals surface area (Å²) >= 11 is 0. The van der Waals surface area contributed by atoms with Crippen molar-refractivity contribution in [2.45, 2.75) is 64.6 Å². The molecule has 3 rings (SSSR count). The van der Waals surface area contributed by atoms with Gasteiger partial charge < -0.3 is 4.90 Å². The third-order valence-corrected chi connectivity index (χ3v) is 6.27. The van der Waals surface area contributed by atoms with Crippen molar-refractivity contribution in [3.8, 4) is 0 Å². The predicted octanol–water partition coefficient (Wildman–Crippen LogP) is 1.96. The third-order valence-electron chi connectivity index (χ3n) is 6.27. The molecule has 23 heavy (non-hydrogen) atoms. The Morgan fingerprint density at radius 1 is 0.783 bits per heavy atom. The summed E-state index contributed by atoms with van der Waals surface area (Å²) in [7, 11) is 0. The highest BCUT2D eigenvalue weighted by Gasteiger charge is 2.32. The second-order valence-corrected chi connectivity index (χ2v) is 8.27. The summed E-state index contributed by atoms with van der Waals surface area (Å²) in [5, 5.41) is 0. The lowest BCUT2D eigenvalue weighted by Gasteiger charge is -2.39. The molecule has 4 nitrogen and oxygen atoms in total. The molecule has 0 amide bonds. The fourth-order valence-corrected chi connectivity index (χ4v) is 4.28. The van der Waals surface area contributed by atoms with E-state index >= 15 is 0 Å². The smallest absolute Gasteiger partial charge is 0.0113 e. The van der Waals surface area contributed by atoms with Gasteiger partial charge in [0.1, 0.15) is 0 Å². The molecule has 0 N–H and O–H groups in total. The van der Waals surface area contributed by atoms with Crippen molar-refractivity contribution in [3.63, 3.8) is 0 Å². The number of rotatable bonds is 7. The van der Waals surface area contributed by atoms with Gasteiger partial charge in [0.05, 0.1) is 0 Å². The topological polar surface area (TPSA) is 13.0 Å². The van der Waals surface area contributed by atoms with Gasteiger partial charge in [-0.2, -0.15) is 0 Å². The van der Waals surface area contributed by atoms with Gasteiger partial charge in [-0.05, 0) is 53.0 Å². The first kappa shape index (κ1) is 17.7. The maximum absolute atomic E-state index is 2.73. The van der Waals surface area contributed by atoms with E-state index in [1.54, 1.807) is 0 Å². The molecule has 0 spiro atoms. The van der Waals surface area contributed by atoms with Crippen LogP contribution in [0.4, 0.5) is 0 Å². The Hall–Kier alpha value is -0.160. The summed E-state index contributed by atoms with van der Waals surface area (Å²) in [6.45, 7) is 18.7. The van der Waals surface area contributed by atoms with Crippen molar-refractivity contribution in [2.75, 3.05) is 58.9 Å². The van der Waals surface area contributed by atoms with Gasteiger partial charge in [-0.25, -0.2) is 0 Å². The minimum absolute atomic E-state index is 0.714. The van der Waals surface area contributed by atoms with Gasteiger partial charge in [0.25, 0.3) is 0 Å². The van der Waals surface area contributed by atoms with E-state index in [0.717, 1.165) is 12.1 Å². The van der Waals surface area contributed by atoms with Crippen LogP contribution in [0.1, 0.15) is 46.5 Å². The van der Waals surface area contributed by atoms with Gasteiger partial charge in [-0.1, -0.05) is 0 Å². The fraction of sp³-hybridized carbons (Fsp3) is 1.00. The first-order valence-electron chi connectivity index (χ1n) is 10.1. The molecule has 3 fully saturated rings. The van der Waals surface area contributed by atoms with Crippen LogP contribution in [-0.4, -0.2) is 96.6 Å². The number of nitrogens with zero attached hydrogens (tertiary/aromatic N) is 4. The largest absolute Gasteiger partial charge is 0.301 e. The minimum atomic E-state index is 0.714. The summed E-state index contributed by atoms with van der Waals surface area (Å²) < 4.78 is 0. The van der Waals surface area contributed by atoms with Crippen LogP contribution in [0.15, 0.2) is 0 Å². The highest BCUT2D eigenvalue weighted by molar-refractivity contribution is 4.88. The van der Waals surface area contributed by atoms with Crippen LogP contribution < -0.4 is 0 Å². The van der Waals surface area contributed by atoms with Crippen molar-refractivity contribution < 1.29 is 0 Å². The Balaban J connectivity index is 1.27. The Kier molecular flexibility index (Phi) is 6.36. The van der Waals surface area contributed by atoms with Crippen LogP contribution in [0, 0.1) is 0 Å². The van der Waals surface area contributed by atoms with E-state index < -0.39 is 0 Å². The Bertz CT molecular complexity index is 339. The molecular weight excluding hydrogens is 284 g/mol. The lowest BCUT2D eigenvalue weighted by molar-refractivity contribution is 0.0855. The molecule has 3 aliphatic rings. The molecule has 1 saturated carbocycles. The Labute approximate surface area is 143 Å². The zero-order valence-corrected chi connectivity index (χ0v) is 15.7. The molecular formula is C19H38N4. The molecule has 1 unspecified atom stereocenters. The fourth-order valence-electron chi connectivity index (χ4n) is 4.28. The normalized spacial score (nSPS) is 27.7. The molecule has 2 aliphatic heterocycles. The number of hydrogen-bond donors (Lipinski definition) is 0. The standard InChI is InChI=1S/C19H38N4/c1-17(2)21-11-9-20(10-12-21)8-4-5-18(3)22-13-15-23(16-14-22)19-6-7-19/h17-19H,4-16H2,1-3H3. The van der Waals surface area contributed by atoms with Crippen molar-refractivity contribution in [1.82, 2.24) is 19.6 Å². The molecule has 4 heteroatoms. The van der Waals surface area contributed by atoms with Crippen LogP contribution in [0.3, 0.4) is 0 Å². The van der Waals surface area contributed by atoms with Crippen LogP contribution >= 0.6 is 0 Å². The van der Waals surface area contributed by atoms with E-state index in [9.17, 15) is 0 Å². The van der Waals surface area contributed by atoms with Crippen LogP contribution in [0.2, 0.25) is 0 Å². The summed E-state index contributed by atoms with van der Waals surface area (Å²) in [4.78, 5) is 10.7. The molecule has 0 aromatic heterocycles.